The number of amides is 1. The molecule has 1 aliphatic heterocycles. The van der Waals surface area contributed by atoms with Gasteiger partial charge in [0.15, 0.2) is 0 Å². The molecule has 2 aromatic heterocycles. The second-order valence-corrected chi connectivity index (χ2v) is 9.00. The fourth-order valence-corrected chi connectivity index (χ4v) is 4.67. The first-order chi connectivity index (χ1) is 15.9. The Kier molecular flexibility index (Phi) is 6.69. The van der Waals surface area contributed by atoms with Crippen molar-refractivity contribution in [2.24, 2.45) is 0 Å². The summed E-state index contributed by atoms with van der Waals surface area (Å²) in [5.74, 6) is 1.76. The van der Waals surface area contributed by atoms with Crippen LogP contribution < -0.4 is 15.5 Å². The highest BCUT2D eigenvalue weighted by atomic mass is 16.3. The van der Waals surface area contributed by atoms with E-state index in [4.69, 9.17) is 5.41 Å². The van der Waals surface area contributed by atoms with Crippen molar-refractivity contribution in [2.75, 3.05) is 42.7 Å². The van der Waals surface area contributed by atoms with E-state index in [1.807, 2.05) is 16.7 Å². The second-order valence-electron chi connectivity index (χ2n) is 9.00. The van der Waals surface area contributed by atoms with Gasteiger partial charge in [-0.15, -0.1) is 0 Å². The quantitative estimate of drug-likeness (QED) is 0.459. The molecule has 1 saturated heterocycles. The lowest BCUT2D eigenvalue weighted by Crippen LogP contribution is -2.26. The zero-order valence-corrected chi connectivity index (χ0v) is 19.3. The predicted octanol–water partition coefficient (Wildman–Crippen LogP) is 3.26. The Morgan fingerprint density at radius 2 is 2.03 bits per heavy atom. The van der Waals surface area contributed by atoms with E-state index in [9.17, 15) is 9.90 Å². The minimum absolute atomic E-state index is 0.0825. The van der Waals surface area contributed by atoms with Gasteiger partial charge in [-0.1, -0.05) is 19.4 Å². The number of aliphatic hydroxyl groups excluding tert-OH is 1. The van der Waals surface area contributed by atoms with Gasteiger partial charge in [0, 0.05) is 45.0 Å². The standard InChI is InChI=1S/C24H33N7O2/c1-16(27-22-9-8-19(14-26-22)30-11-10-20(32)15-30)28-23-17(13-25)12-21(24(33)29(2)3)31(23)18-6-4-5-7-18/h8-9,12-14,18,20,25,28,32H,1,4-7,10-11,15H2,2-3H3,(H,26,27)/t20-/m0/s1. The van der Waals surface area contributed by atoms with Crippen LogP contribution in [-0.2, 0) is 0 Å². The van der Waals surface area contributed by atoms with E-state index in [0.29, 0.717) is 35.3 Å². The number of pyridine rings is 1. The van der Waals surface area contributed by atoms with E-state index in [2.05, 4.69) is 27.1 Å². The number of aromatic nitrogens is 2. The van der Waals surface area contributed by atoms with Crippen LogP contribution in [0.4, 0.5) is 17.3 Å². The predicted molar refractivity (Wildman–Crippen MR) is 131 cm³/mol. The highest BCUT2D eigenvalue weighted by Crippen LogP contribution is 2.36. The van der Waals surface area contributed by atoms with Crippen LogP contribution in [0.3, 0.4) is 0 Å². The van der Waals surface area contributed by atoms with Crippen molar-refractivity contribution >= 4 is 29.4 Å². The van der Waals surface area contributed by atoms with Gasteiger partial charge < -0.3 is 35.5 Å². The van der Waals surface area contributed by atoms with Crippen molar-refractivity contribution in [1.29, 1.82) is 5.41 Å². The normalized spacial score (nSPS) is 18.4. The maximum atomic E-state index is 12.9. The third-order valence-electron chi connectivity index (χ3n) is 6.36. The second kappa shape index (κ2) is 9.66. The van der Waals surface area contributed by atoms with Crippen LogP contribution >= 0.6 is 0 Å². The number of aliphatic hydroxyl groups is 1. The number of nitrogens with zero attached hydrogens (tertiary/aromatic N) is 4. The molecule has 2 fully saturated rings. The number of hydrogen-bond acceptors (Lipinski definition) is 7. The molecule has 2 aliphatic rings. The van der Waals surface area contributed by atoms with Gasteiger partial charge in [-0.05, 0) is 37.5 Å². The molecule has 1 amide bonds. The van der Waals surface area contributed by atoms with Crippen molar-refractivity contribution in [2.45, 2.75) is 44.2 Å². The number of hydrogen-bond donors (Lipinski definition) is 4. The van der Waals surface area contributed by atoms with Crippen molar-refractivity contribution in [3.63, 3.8) is 0 Å². The summed E-state index contributed by atoms with van der Waals surface area (Å²) in [6, 6.07) is 5.84. The smallest absolute Gasteiger partial charge is 0.270 e. The van der Waals surface area contributed by atoms with Gasteiger partial charge in [0.25, 0.3) is 5.91 Å². The molecule has 0 unspecified atom stereocenters. The molecule has 0 bridgehead atoms. The van der Waals surface area contributed by atoms with E-state index in [-0.39, 0.29) is 18.1 Å². The van der Waals surface area contributed by atoms with E-state index in [1.54, 1.807) is 31.3 Å². The number of carbonyl (C=O) groups is 1. The fourth-order valence-electron chi connectivity index (χ4n) is 4.67. The summed E-state index contributed by atoms with van der Waals surface area (Å²) >= 11 is 0. The Bertz CT molecular complexity index is 1020. The van der Waals surface area contributed by atoms with Crippen molar-refractivity contribution in [3.8, 4) is 0 Å². The third kappa shape index (κ3) is 4.88. The minimum Gasteiger partial charge on any atom is -0.391 e. The summed E-state index contributed by atoms with van der Waals surface area (Å²) in [5, 5.41) is 24.1. The van der Waals surface area contributed by atoms with Crippen LogP contribution in [0.25, 0.3) is 0 Å². The van der Waals surface area contributed by atoms with E-state index in [1.165, 1.54) is 6.21 Å². The average Bonchev–Trinajstić information content (AvgIpc) is 3.53. The first kappa shape index (κ1) is 22.8. The molecule has 4 N–H and O–H groups in total. The zero-order valence-electron chi connectivity index (χ0n) is 19.3. The van der Waals surface area contributed by atoms with Gasteiger partial charge in [-0.25, -0.2) is 4.98 Å². The molecular weight excluding hydrogens is 418 g/mol. The molecule has 3 heterocycles. The Balaban J connectivity index is 1.53. The van der Waals surface area contributed by atoms with Crippen LogP contribution in [0.5, 0.6) is 0 Å². The molecule has 0 aromatic carbocycles. The van der Waals surface area contributed by atoms with E-state index >= 15 is 0 Å². The summed E-state index contributed by atoms with van der Waals surface area (Å²) in [6.45, 7) is 5.55. The molecular formula is C24H33N7O2. The first-order valence-electron chi connectivity index (χ1n) is 11.5. The number of rotatable bonds is 8. The first-order valence-corrected chi connectivity index (χ1v) is 11.5. The lowest BCUT2D eigenvalue weighted by atomic mass is 10.2. The minimum atomic E-state index is -0.282. The van der Waals surface area contributed by atoms with E-state index < -0.39 is 0 Å². The van der Waals surface area contributed by atoms with Crippen LogP contribution in [0.1, 0.15) is 54.2 Å². The summed E-state index contributed by atoms with van der Waals surface area (Å²) < 4.78 is 2.04. The molecule has 0 spiro atoms. The topological polar surface area (TPSA) is 110 Å². The van der Waals surface area contributed by atoms with Crippen LogP contribution in [0.2, 0.25) is 0 Å². The highest BCUT2D eigenvalue weighted by molar-refractivity contribution is 5.98. The molecule has 9 nitrogen and oxygen atoms in total. The Hall–Kier alpha value is -3.33. The van der Waals surface area contributed by atoms with Gasteiger partial charge in [0.2, 0.25) is 0 Å². The molecule has 1 aliphatic carbocycles. The molecule has 33 heavy (non-hydrogen) atoms. The van der Waals surface area contributed by atoms with Crippen molar-refractivity contribution < 1.29 is 9.90 Å². The molecule has 0 radical (unpaired) electrons. The fraction of sp³-hybridized carbons (Fsp3) is 0.458. The molecule has 2 aromatic rings. The van der Waals surface area contributed by atoms with Gasteiger partial charge in [-0.3, -0.25) is 4.79 Å². The van der Waals surface area contributed by atoms with Crippen molar-refractivity contribution in [3.05, 3.63) is 48.1 Å². The van der Waals surface area contributed by atoms with Crippen LogP contribution in [0, 0.1) is 5.41 Å². The summed E-state index contributed by atoms with van der Waals surface area (Å²) in [5.41, 5.74) is 2.20. The third-order valence-corrected chi connectivity index (χ3v) is 6.36. The Labute approximate surface area is 194 Å². The molecule has 9 heteroatoms. The Morgan fingerprint density at radius 3 is 2.61 bits per heavy atom. The van der Waals surface area contributed by atoms with E-state index in [0.717, 1.165) is 44.3 Å². The summed E-state index contributed by atoms with van der Waals surface area (Å²) in [6.07, 6.45) is 7.80. The van der Waals surface area contributed by atoms with Crippen LogP contribution in [0.15, 0.2) is 36.8 Å². The number of carbonyl (C=O) groups excluding carboxylic acids is 1. The SMILES string of the molecule is C=C(Nc1ccc(N2CC[C@H](O)C2)cn1)Nc1c(C=N)cc(C(=O)N(C)C)n1C1CCCC1. The molecule has 1 atom stereocenters. The lowest BCUT2D eigenvalue weighted by Gasteiger charge is -2.23. The van der Waals surface area contributed by atoms with Gasteiger partial charge in [-0.2, -0.15) is 0 Å². The average molecular weight is 452 g/mol. The maximum absolute atomic E-state index is 12.9. The Morgan fingerprint density at radius 1 is 1.27 bits per heavy atom. The zero-order chi connectivity index (χ0) is 23.5. The lowest BCUT2D eigenvalue weighted by molar-refractivity contribution is 0.0815. The largest absolute Gasteiger partial charge is 0.391 e. The van der Waals surface area contributed by atoms with Crippen molar-refractivity contribution in [1.82, 2.24) is 14.5 Å². The number of β-amino-alcohol motifs (C(OH)–C–C–N with tert-alkyl or cyclic N) is 1. The molecule has 1 saturated carbocycles. The number of anilines is 3. The number of nitrogens with one attached hydrogen (secondary N) is 3. The monoisotopic (exact) mass is 451 g/mol. The summed E-state index contributed by atoms with van der Waals surface area (Å²) in [4.78, 5) is 21.0. The van der Waals surface area contributed by atoms with Crippen LogP contribution in [-0.4, -0.2) is 65.0 Å². The molecule has 4 rings (SSSR count). The molecule has 176 valence electrons. The van der Waals surface area contributed by atoms with Gasteiger partial charge in [0.1, 0.15) is 23.2 Å². The van der Waals surface area contributed by atoms with Gasteiger partial charge >= 0.3 is 0 Å². The highest BCUT2D eigenvalue weighted by Gasteiger charge is 2.28. The maximum Gasteiger partial charge on any atom is 0.270 e. The summed E-state index contributed by atoms with van der Waals surface area (Å²) in [7, 11) is 3.48. The van der Waals surface area contributed by atoms with Gasteiger partial charge in [0.05, 0.1) is 18.0 Å².